The zero-order chi connectivity index (χ0) is 24.2. The molecule has 0 aliphatic heterocycles. The van der Waals surface area contributed by atoms with Crippen molar-refractivity contribution in [3.63, 3.8) is 0 Å². The first-order valence-corrected chi connectivity index (χ1v) is 15.0. The number of rotatable bonds is 2. The second-order valence-corrected chi connectivity index (χ2v) is 12.6. The Morgan fingerprint density at radius 1 is 0.528 bits per heavy atom. The molecule has 7 aromatic rings. The van der Waals surface area contributed by atoms with Gasteiger partial charge in [0, 0.05) is 50.8 Å². The van der Waals surface area contributed by atoms with E-state index in [0.29, 0.717) is 0 Å². The molecule has 0 atom stereocenters. The van der Waals surface area contributed by atoms with Crippen LogP contribution < -0.4 is 0 Å². The summed E-state index contributed by atoms with van der Waals surface area (Å²) in [5.41, 5.74) is 2.20. The van der Waals surface area contributed by atoms with Crippen LogP contribution >= 0.6 is 45.3 Å². The van der Waals surface area contributed by atoms with Gasteiger partial charge in [0.2, 0.25) is 0 Å². The van der Waals surface area contributed by atoms with E-state index in [0.717, 1.165) is 11.1 Å². The van der Waals surface area contributed by atoms with Crippen molar-refractivity contribution >= 4 is 87.1 Å². The lowest BCUT2D eigenvalue weighted by Gasteiger charge is -2.12. The summed E-state index contributed by atoms with van der Waals surface area (Å²) in [4.78, 5) is 5.25. The summed E-state index contributed by atoms with van der Waals surface area (Å²) in [6.07, 6.45) is 0. The van der Waals surface area contributed by atoms with Gasteiger partial charge in [-0.25, -0.2) is 0 Å². The van der Waals surface area contributed by atoms with E-state index in [-0.39, 0.29) is 0 Å². The molecule has 0 unspecified atom stereocenters. The maximum atomic E-state index is 3.47. The zero-order valence-electron chi connectivity index (χ0n) is 19.6. The van der Waals surface area contributed by atoms with Crippen LogP contribution in [0.4, 0.5) is 0 Å². The molecule has 0 aliphatic rings. The van der Waals surface area contributed by atoms with E-state index in [1.165, 1.54) is 61.2 Å². The minimum Gasteiger partial charge on any atom is -0.143 e. The highest BCUT2D eigenvalue weighted by Gasteiger charge is 2.17. The molecule has 0 amide bonds. The molecule has 4 aromatic heterocycles. The van der Waals surface area contributed by atoms with E-state index in [4.69, 9.17) is 0 Å². The third-order valence-corrected chi connectivity index (χ3v) is 10.7. The molecule has 0 bridgehead atoms. The second kappa shape index (κ2) is 8.63. The minimum atomic E-state index is 1.10. The number of benzene rings is 3. The van der Waals surface area contributed by atoms with Gasteiger partial charge < -0.3 is 0 Å². The van der Waals surface area contributed by atoms with Gasteiger partial charge in [-0.15, -0.1) is 57.2 Å². The van der Waals surface area contributed by atoms with Crippen molar-refractivity contribution in [2.75, 3.05) is 0 Å². The first kappa shape index (κ1) is 21.9. The molecule has 3 aromatic carbocycles. The van der Waals surface area contributed by atoms with E-state index in [2.05, 4.69) is 95.1 Å². The summed E-state index contributed by atoms with van der Waals surface area (Å²) < 4.78 is 2.58. The highest BCUT2D eigenvalue weighted by atomic mass is 32.1. The summed E-state index contributed by atoms with van der Waals surface area (Å²) in [5, 5.41) is 11.6. The van der Waals surface area contributed by atoms with E-state index < -0.39 is 0 Å². The van der Waals surface area contributed by atoms with Gasteiger partial charge in [-0.05, 0) is 94.7 Å². The molecule has 7 rings (SSSR count). The summed E-state index contributed by atoms with van der Waals surface area (Å²) >= 11 is 7.29. The van der Waals surface area contributed by atoms with Crippen LogP contribution in [0.15, 0.2) is 71.4 Å². The standard InChI is InChI=1S/C32H18S4/c1-3-7-21-23-13-19-15-31(27-9-5-11-33-27)36-30(19)18-26(23)22(8-4-2)24-14-20-16-32(28-10-6-12-34-28)35-29(20)17-25(21)24/h5-6,9-18H,1-2H3. The second-order valence-electron chi connectivity index (χ2n) is 8.55. The average molecular weight is 531 g/mol. The van der Waals surface area contributed by atoms with Crippen molar-refractivity contribution < 1.29 is 0 Å². The Labute approximate surface area is 225 Å². The normalized spacial score (nSPS) is 11.2. The summed E-state index contributed by atoms with van der Waals surface area (Å²) in [7, 11) is 0. The van der Waals surface area contributed by atoms with Gasteiger partial charge in [0.1, 0.15) is 0 Å². The summed E-state index contributed by atoms with van der Waals surface area (Å²) in [5.74, 6) is 13.3. The summed E-state index contributed by atoms with van der Waals surface area (Å²) in [6.45, 7) is 3.85. The molecule has 0 N–H and O–H groups in total. The van der Waals surface area contributed by atoms with E-state index in [1.807, 2.05) is 36.5 Å². The molecule has 0 saturated heterocycles. The first-order valence-electron chi connectivity index (χ1n) is 11.6. The van der Waals surface area contributed by atoms with Crippen LogP contribution in [-0.2, 0) is 0 Å². The molecule has 4 heteroatoms. The SMILES string of the molecule is CC#Cc1c2cc3cc(-c4cccs4)sc3cc2c(C#CC)c2cc3cc(-c4cccs4)sc3cc12. The summed E-state index contributed by atoms with van der Waals surface area (Å²) in [6, 6.07) is 22.6. The smallest absolute Gasteiger partial charge is 0.0455 e. The lowest BCUT2D eigenvalue weighted by Crippen LogP contribution is -1.90. The molecule has 0 radical (unpaired) electrons. The minimum absolute atomic E-state index is 1.10. The Bertz CT molecular complexity index is 1810. The van der Waals surface area contributed by atoms with Gasteiger partial charge in [0.15, 0.2) is 0 Å². The third kappa shape index (κ3) is 3.42. The molecular formula is C32H18S4. The van der Waals surface area contributed by atoms with Crippen LogP contribution in [0.25, 0.3) is 61.2 Å². The Morgan fingerprint density at radius 3 is 1.36 bits per heavy atom. The highest BCUT2D eigenvalue weighted by molar-refractivity contribution is 7.26. The Hall–Kier alpha value is -3.38. The lowest BCUT2D eigenvalue weighted by molar-refractivity contribution is 1.77. The van der Waals surface area contributed by atoms with Crippen molar-refractivity contribution in [1.82, 2.24) is 0 Å². The molecule has 36 heavy (non-hydrogen) atoms. The topological polar surface area (TPSA) is 0 Å². The Balaban J connectivity index is 1.60. The molecule has 0 aliphatic carbocycles. The molecule has 0 saturated carbocycles. The van der Waals surface area contributed by atoms with Crippen LogP contribution in [-0.4, -0.2) is 0 Å². The molecule has 0 fully saturated rings. The van der Waals surface area contributed by atoms with Crippen molar-refractivity contribution in [1.29, 1.82) is 0 Å². The number of thiophene rings is 4. The molecule has 170 valence electrons. The van der Waals surface area contributed by atoms with Gasteiger partial charge in [0.05, 0.1) is 0 Å². The zero-order valence-corrected chi connectivity index (χ0v) is 22.8. The maximum Gasteiger partial charge on any atom is 0.0455 e. The first-order chi connectivity index (χ1) is 17.7. The van der Waals surface area contributed by atoms with Crippen molar-refractivity contribution in [3.8, 4) is 43.2 Å². The maximum absolute atomic E-state index is 3.47. The number of fused-ring (bicyclic) bond motifs is 4. The van der Waals surface area contributed by atoms with E-state index in [1.54, 1.807) is 22.7 Å². The fourth-order valence-corrected chi connectivity index (χ4v) is 8.71. The predicted molar refractivity (Wildman–Crippen MR) is 164 cm³/mol. The Morgan fingerprint density at radius 2 is 0.972 bits per heavy atom. The van der Waals surface area contributed by atoms with Crippen LogP contribution in [0, 0.1) is 23.7 Å². The van der Waals surface area contributed by atoms with Gasteiger partial charge >= 0.3 is 0 Å². The Kier molecular flexibility index (Phi) is 5.24. The van der Waals surface area contributed by atoms with Gasteiger partial charge in [-0.1, -0.05) is 24.0 Å². The van der Waals surface area contributed by atoms with Crippen LogP contribution in [0.5, 0.6) is 0 Å². The van der Waals surface area contributed by atoms with Crippen molar-refractivity contribution in [2.24, 2.45) is 0 Å². The van der Waals surface area contributed by atoms with Crippen LogP contribution in [0.3, 0.4) is 0 Å². The van der Waals surface area contributed by atoms with Crippen LogP contribution in [0.1, 0.15) is 25.0 Å². The quantitative estimate of drug-likeness (QED) is 0.154. The van der Waals surface area contributed by atoms with Crippen molar-refractivity contribution in [2.45, 2.75) is 13.8 Å². The highest BCUT2D eigenvalue weighted by Crippen LogP contribution is 2.43. The van der Waals surface area contributed by atoms with Gasteiger partial charge in [0.25, 0.3) is 0 Å². The van der Waals surface area contributed by atoms with Crippen LogP contribution in [0.2, 0.25) is 0 Å². The fourth-order valence-electron chi connectivity index (χ4n) is 4.89. The van der Waals surface area contributed by atoms with Crippen molar-refractivity contribution in [3.05, 3.63) is 82.6 Å². The van der Waals surface area contributed by atoms with Gasteiger partial charge in [-0.3, -0.25) is 0 Å². The van der Waals surface area contributed by atoms with Gasteiger partial charge in [-0.2, -0.15) is 0 Å². The third-order valence-electron chi connectivity index (χ3n) is 6.42. The average Bonchev–Trinajstić information content (AvgIpc) is 3.69. The number of hydrogen-bond donors (Lipinski definition) is 0. The molecule has 0 spiro atoms. The fraction of sp³-hybridized carbons (Fsp3) is 0.0625. The lowest BCUT2D eigenvalue weighted by atomic mass is 9.90. The van der Waals surface area contributed by atoms with E-state index in [9.17, 15) is 0 Å². The molecule has 0 nitrogen and oxygen atoms in total. The molecular weight excluding hydrogens is 513 g/mol. The predicted octanol–water partition coefficient (Wildman–Crippen LogP) is 10.6. The number of hydrogen-bond acceptors (Lipinski definition) is 4. The van der Waals surface area contributed by atoms with E-state index >= 15 is 0 Å². The largest absolute Gasteiger partial charge is 0.143 e. The molecule has 4 heterocycles. The monoisotopic (exact) mass is 530 g/mol.